The van der Waals surface area contributed by atoms with E-state index in [0.29, 0.717) is 10.8 Å². The molecule has 1 aromatic heterocycles. The molecule has 6 nitrogen and oxygen atoms in total. The molecule has 0 saturated carbocycles. The number of nitrogens with one attached hydrogen (secondary N) is 1. The predicted molar refractivity (Wildman–Crippen MR) is 107 cm³/mol. The molecule has 0 aliphatic rings. The van der Waals surface area contributed by atoms with Gasteiger partial charge in [0.05, 0.1) is 11.4 Å². The van der Waals surface area contributed by atoms with Gasteiger partial charge in [-0.15, -0.1) is 11.3 Å². The number of carbonyl (C=O) groups is 1. The summed E-state index contributed by atoms with van der Waals surface area (Å²) >= 11 is 1.28. The van der Waals surface area contributed by atoms with Crippen LogP contribution >= 0.6 is 11.3 Å². The molecule has 0 spiro atoms. The van der Waals surface area contributed by atoms with Gasteiger partial charge in [0.25, 0.3) is 0 Å². The van der Waals surface area contributed by atoms with Gasteiger partial charge < -0.3 is 5.32 Å². The fourth-order valence-corrected chi connectivity index (χ4v) is 4.46. The van der Waals surface area contributed by atoms with E-state index < -0.39 is 20.7 Å². The molecule has 0 bridgehead atoms. The van der Waals surface area contributed by atoms with E-state index in [1.165, 1.54) is 32.2 Å². The Morgan fingerprint density at radius 3 is 2.19 bits per heavy atom. The van der Waals surface area contributed by atoms with Gasteiger partial charge in [-0.25, -0.2) is 13.4 Å². The zero-order valence-corrected chi connectivity index (χ0v) is 17.5. The second kappa shape index (κ2) is 7.00. The lowest BCUT2D eigenvalue weighted by molar-refractivity contribution is -0.117. The predicted octanol–water partition coefficient (Wildman–Crippen LogP) is 3.62. The van der Waals surface area contributed by atoms with Crippen molar-refractivity contribution < 1.29 is 13.2 Å². The summed E-state index contributed by atoms with van der Waals surface area (Å²) in [6.07, 6.45) is 0. The molecule has 26 heavy (non-hydrogen) atoms. The van der Waals surface area contributed by atoms with E-state index in [-0.39, 0.29) is 5.41 Å². The van der Waals surface area contributed by atoms with Crippen molar-refractivity contribution in [2.24, 2.45) is 0 Å². The van der Waals surface area contributed by atoms with E-state index in [4.69, 9.17) is 0 Å². The molecule has 0 aliphatic heterocycles. The first-order valence-corrected chi connectivity index (χ1v) is 10.5. The number of nitrogens with zero attached hydrogens (tertiary/aromatic N) is 2. The molecule has 1 heterocycles. The Labute approximate surface area is 159 Å². The summed E-state index contributed by atoms with van der Waals surface area (Å²) in [5.74, 6) is -0.616. The fourth-order valence-electron chi connectivity index (χ4n) is 2.16. The van der Waals surface area contributed by atoms with Gasteiger partial charge in [-0.05, 0) is 26.0 Å². The molecule has 0 radical (unpaired) electrons. The van der Waals surface area contributed by atoms with Crippen LogP contribution in [0.25, 0.3) is 0 Å². The van der Waals surface area contributed by atoms with Crippen LogP contribution in [0.5, 0.6) is 0 Å². The van der Waals surface area contributed by atoms with Gasteiger partial charge in [0, 0.05) is 17.8 Å². The lowest BCUT2D eigenvalue weighted by Crippen LogP contribution is -2.51. The second-order valence-electron chi connectivity index (χ2n) is 7.56. The maximum Gasteiger partial charge on any atom is 0.249 e. The zero-order valence-electron chi connectivity index (χ0n) is 15.9. The summed E-state index contributed by atoms with van der Waals surface area (Å²) in [6, 6.07) is 8.66. The van der Waals surface area contributed by atoms with Crippen LogP contribution in [0.15, 0.2) is 35.7 Å². The molecule has 0 atom stereocenters. The molecule has 2 rings (SSSR count). The third-order valence-corrected chi connectivity index (χ3v) is 7.33. The number of aromatic nitrogens is 1. The van der Waals surface area contributed by atoms with E-state index in [9.17, 15) is 13.2 Å². The lowest BCUT2D eigenvalue weighted by atomic mass is 9.93. The van der Waals surface area contributed by atoms with Gasteiger partial charge in [0.1, 0.15) is 0 Å². The number of rotatable bonds is 5. The van der Waals surface area contributed by atoms with E-state index >= 15 is 0 Å². The Bertz CT molecular complexity index is 882. The van der Waals surface area contributed by atoms with Gasteiger partial charge in [-0.3, -0.25) is 9.10 Å². The van der Waals surface area contributed by atoms with Crippen molar-refractivity contribution in [2.75, 3.05) is 16.7 Å². The van der Waals surface area contributed by atoms with Crippen molar-refractivity contribution >= 4 is 38.1 Å². The maximum atomic E-state index is 13.0. The molecule has 8 heteroatoms. The van der Waals surface area contributed by atoms with Crippen LogP contribution < -0.4 is 9.62 Å². The Kier molecular flexibility index (Phi) is 5.49. The number of para-hydroxylation sites is 1. The highest BCUT2D eigenvalue weighted by Gasteiger charge is 2.45. The van der Waals surface area contributed by atoms with Crippen molar-refractivity contribution in [2.45, 2.75) is 44.8 Å². The summed E-state index contributed by atoms with van der Waals surface area (Å²) in [6.45, 7) is 8.87. The number of hydrogen-bond acceptors (Lipinski definition) is 5. The van der Waals surface area contributed by atoms with Gasteiger partial charge in [0.15, 0.2) is 9.88 Å². The first-order valence-electron chi connectivity index (χ1n) is 8.18. The van der Waals surface area contributed by atoms with E-state index in [1.807, 2.05) is 26.2 Å². The fraction of sp³-hybridized carbons (Fsp3) is 0.444. The third kappa shape index (κ3) is 3.91. The van der Waals surface area contributed by atoms with Crippen molar-refractivity contribution in [1.82, 2.24) is 4.98 Å². The zero-order chi connectivity index (χ0) is 19.8. The molecule has 1 amide bonds. The number of hydrogen-bond donors (Lipinski definition) is 1. The quantitative estimate of drug-likeness (QED) is 0.838. The number of anilines is 2. The minimum absolute atomic E-state index is 0.144. The highest BCUT2D eigenvalue weighted by Crippen LogP contribution is 2.29. The third-order valence-electron chi connectivity index (χ3n) is 4.17. The van der Waals surface area contributed by atoms with Crippen molar-refractivity contribution in [3.8, 4) is 0 Å². The number of carbonyl (C=O) groups excluding carboxylic acids is 1. The molecule has 1 N–H and O–H groups in total. The average Bonchev–Trinajstić information content (AvgIpc) is 3.03. The first kappa shape index (κ1) is 20.4. The Morgan fingerprint density at radius 2 is 1.69 bits per heavy atom. The van der Waals surface area contributed by atoms with Crippen LogP contribution in [0.3, 0.4) is 0 Å². The molecule has 2 aromatic rings. The first-order chi connectivity index (χ1) is 11.9. The lowest BCUT2D eigenvalue weighted by Gasteiger charge is -2.30. The Morgan fingerprint density at radius 1 is 1.12 bits per heavy atom. The summed E-state index contributed by atoms with van der Waals surface area (Å²) in [7, 11) is -2.49. The van der Waals surface area contributed by atoms with E-state index in [0.717, 1.165) is 10.00 Å². The molecular weight excluding hydrogens is 370 g/mol. The molecule has 1 aromatic carbocycles. The largest absolute Gasteiger partial charge is 0.301 e. The number of amides is 1. The average molecular weight is 396 g/mol. The van der Waals surface area contributed by atoms with Crippen LogP contribution in [-0.2, 0) is 20.2 Å². The van der Waals surface area contributed by atoms with Crippen LogP contribution in [-0.4, -0.2) is 31.1 Å². The topological polar surface area (TPSA) is 79.4 Å². The SMILES string of the molecule is CN(c1ccccc1)S(=O)(=O)C(C)(C)C(=O)Nc1nc(C(C)(C)C)cs1. The molecule has 0 unspecified atom stereocenters. The van der Waals surface area contributed by atoms with Crippen LogP contribution in [0, 0.1) is 0 Å². The van der Waals surface area contributed by atoms with Crippen molar-refractivity contribution in [3.05, 3.63) is 41.4 Å². The number of benzene rings is 1. The number of thiazole rings is 1. The second-order valence-corrected chi connectivity index (χ2v) is 10.9. The summed E-state index contributed by atoms with van der Waals surface area (Å²) < 4.78 is 25.5. The molecule has 0 fully saturated rings. The van der Waals surface area contributed by atoms with Crippen LogP contribution in [0.4, 0.5) is 10.8 Å². The van der Waals surface area contributed by atoms with Gasteiger partial charge in [0.2, 0.25) is 15.9 Å². The molecule has 0 saturated heterocycles. The van der Waals surface area contributed by atoms with E-state index in [1.54, 1.807) is 30.3 Å². The van der Waals surface area contributed by atoms with Gasteiger partial charge in [-0.2, -0.15) is 0 Å². The summed E-state index contributed by atoms with van der Waals surface area (Å²) in [5, 5.41) is 4.91. The minimum atomic E-state index is -3.93. The van der Waals surface area contributed by atoms with Crippen LogP contribution in [0.2, 0.25) is 0 Å². The summed E-state index contributed by atoms with van der Waals surface area (Å²) in [4.78, 5) is 17.1. The summed E-state index contributed by atoms with van der Waals surface area (Å²) in [5.41, 5.74) is 1.20. The standard InChI is InChI=1S/C18H25N3O3S2/c1-17(2,3)14-12-25-16(19-14)20-15(22)18(4,5)26(23,24)21(6)13-10-8-7-9-11-13/h7-12H,1-6H3,(H,19,20,22). The van der Waals surface area contributed by atoms with Gasteiger partial charge in [-0.1, -0.05) is 39.0 Å². The highest BCUT2D eigenvalue weighted by molar-refractivity contribution is 7.94. The van der Waals surface area contributed by atoms with Crippen molar-refractivity contribution in [1.29, 1.82) is 0 Å². The van der Waals surface area contributed by atoms with E-state index in [2.05, 4.69) is 10.3 Å². The van der Waals surface area contributed by atoms with Gasteiger partial charge >= 0.3 is 0 Å². The molecule has 0 aliphatic carbocycles. The monoisotopic (exact) mass is 395 g/mol. The Hall–Kier alpha value is -1.93. The number of sulfonamides is 1. The van der Waals surface area contributed by atoms with Crippen molar-refractivity contribution in [3.63, 3.8) is 0 Å². The minimum Gasteiger partial charge on any atom is -0.301 e. The Balaban J connectivity index is 2.25. The normalized spacial score (nSPS) is 12.7. The maximum absolute atomic E-state index is 13.0. The smallest absolute Gasteiger partial charge is 0.249 e. The van der Waals surface area contributed by atoms with Crippen LogP contribution in [0.1, 0.15) is 40.3 Å². The molecule has 142 valence electrons. The molecular formula is C18H25N3O3S2. The highest BCUT2D eigenvalue weighted by atomic mass is 32.2.